The maximum absolute atomic E-state index is 12.6. The number of amides is 1. The van der Waals surface area contributed by atoms with Crippen molar-refractivity contribution in [3.05, 3.63) is 58.6 Å². The number of carbonyl (C=O) groups is 1. The third-order valence-corrected chi connectivity index (χ3v) is 3.88. The number of anilines is 2. The summed E-state index contributed by atoms with van der Waals surface area (Å²) in [5, 5.41) is 0.629. The number of halogens is 1. The summed E-state index contributed by atoms with van der Waals surface area (Å²) in [5.41, 5.74) is 9.41. The van der Waals surface area contributed by atoms with Crippen molar-refractivity contribution in [2.45, 2.75) is 12.8 Å². The van der Waals surface area contributed by atoms with E-state index in [0.717, 1.165) is 36.3 Å². The number of carbonyl (C=O) groups excluding carboxylic acids is 1. The first-order chi connectivity index (χ1) is 9.66. The average molecular weight is 287 g/mol. The second-order valence-corrected chi connectivity index (χ2v) is 5.35. The molecule has 4 heteroatoms. The van der Waals surface area contributed by atoms with E-state index in [4.69, 9.17) is 17.3 Å². The van der Waals surface area contributed by atoms with Crippen LogP contribution in [0, 0.1) is 0 Å². The van der Waals surface area contributed by atoms with E-state index in [0.29, 0.717) is 10.6 Å². The lowest BCUT2D eigenvalue weighted by molar-refractivity contribution is 0.0985. The molecule has 0 radical (unpaired) electrons. The van der Waals surface area contributed by atoms with Crippen LogP contribution in [0.3, 0.4) is 0 Å². The zero-order chi connectivity index (χ0) is 14.1. The molecule has 0 saturated heterocycles. The van der Waals surface area contributed by atoms with Crippen molar-refractivity contribution < 1.29 is 4.79 Å². The standard InChI is InChI=1S/C16H15ClN2O/c17-12-8-6-11(7-9-12)16(20)19-10-2-3-13-14(18)4-1-5-15(13)19/h1,4-9H,2-3,10,18H2. The number of nitrogen functional groups attached to an aromatic ring is 1. The lowest BCUT2D eigenvalue weighted by Gasteiger charge is -2.30. The molecule has 2 aromatic carbocycles. The topological polar surface area (TPSA) is 46.3 Å². The van der Waals surface area contributed by atoms with Crippen LogP contribution in [-0.4, -0.2) is 12.5 Å². The smallest absolute Gasteiger partial charge is 0.258 e. The fourth-order valence-electron chi connectivity index (χ4n) is 2.61. The van der Waals surface area contributed by atoms with Crippen LogP contribution >= 0.6 is 11.6 Å². The van der Waals surface area contributed by atoms with Gasteiger partial charge < -0.3 is 10.6 Å². The van der Waals surface area contributed by atoms with Gasteiger partial charge in [-0.15, -0.1) is 0 Å². The van der Waals surface area contributed by atoms with E-state index in [1.807, 2.05) is 18.2 Å². The highest BCUT2D eigenvalue weighted by Gasteiger charge is 2.24. The predicted molar refractivity (Wildman–Crippen MR) is 82.3 cm³/mol. The molecule has 2 aromatic rings. The highest BCUT2D eigenvalue weighted by molar-refractivity contribution is 6.30. The van der Waals surface area contributed by atoms with Crippen molar-refractivity contribution in [3.63, 3.8) is 0 Å². The van der Waals surface area contributed by atoms with Crippen LogP contribution in [-0.2, 0) is 6.42 Å². The van der Waals surface area contributed by atoms with E-state index in [-0.39, 0.29) is 5.91 Å². The highest BCUT2D eigenvalue weighted by atomic mass is 35.5. The molecule has 0 spiro atoms. The Bertz CT molecular complexity index is 652. The van der Waals surface area contributed by atoms with Gasteiger partial charge in [-0.25, -0.2) is 0 Å². The average Bonchev–Trinajstić information content (AvgIpc) is 2.47. The molecule has 0 bridgehead atoms. The normalized spacial score (nSPS) is 13.9. The van der Waals surface area contributed by atoms with Gasteiger partial charge in [0.25, 0.3) is 5.91 Å². The van der Waals surface area contributed by atoms with Gasteiger partial charge in [-0.05, 0) is 54.8 Å². The Kier molecular flexibility index (Phi) is 3.36. The first kappa shape index (κ1) is 13.0. The van der Waals surface area contributed by atoms with Gasteiger partial charge in [-0.3, -0.25) is 4.79 Å². The number of hydrogen-bond donors (Lipinski definition) is 1. The minimum absolute atomic E-state index is 0.00628. The summed E-state index contributed by atoms with van der Waals surface area (Å²) in [4.78, 5) is 14.4. The highest BCUT2D eigenvalue weighted by Crippen LogP contribution is 2.32. The molecular weight excluding hydrogens is 272 g/mol. The van der Waals surface area contributed by atoms with Gasteiger partial charge in [0, 0.05) is 28.5 Å². The summed E-state index contributed by atoms with van der Waals surface area (Å²) >= 11 is 5.86. The number of fused-ring (bicyclic) bond motifs is 1. The predicted octanol–water partition coefficient (Wildman–Crippen LogP) is 3.52. The van der Waals surface area contributed by atoms with Crippen molar-refractivity contribution in [1.82, 2.24) is 0 Å². The van der Waals surface area contributed by atoms with Crippen molar-refractivity contribution in [1.29, 1.82) is 0 Å². The molecule has 0 aromatic heterocycles. The Morgan fingerprint density at radius 3 is 2.65 bits per heavy atom. The zero-order valence-corrected chi connectivity index (χ0v) is 11.7. The van der Waals surface area contributed by atoms with Gasteiger partial charge in [0.05, 0.1) is 0 Å². The summed E-state index contributed by atoms with van der Waals surface area (Å²) in [6.45, 7) is 0.720. The summed E-state index contributed by atoms with van der Waals surface area (Å²) < 4.78 is 0. The Labute approximate surface area is 123 Å². The van der Waals surface area contributed by atoms with Gasteiger partial charge in [0.1, 0.15) is 0 Å². The molecule has 20 heavy (non-hydrogen) atoms. The number of rotatable bonds is 1. The third kappa shape index (κ3) is 2.25. The second kappa shape index (κ2) is 5.17. The molecule has 102 valence electrons. The molecular formula is C16H15ClN2O. The molecule has 2 N–H and O–H groups in total. The molecule has 0 fully saturated rings. The SMILES string of the molecule is Nc1cccc2c1CCCN2C(=O)c1ccc(Cl)cc1. The molecule has 3 rings (SSSR count). The lowest BCUT2D eigenvalue weighted by atomic mass is 9.99. The van der Waals surface area contributed by atoms with E-state index in [2.05, 4.69) is 0 Å². The molecule has 1 aliphatic heterocycles. The van der Waals surface area contributed by atoms with Gasteiger partial charge in [0.15, 0.2) is 0 Å². The van der Waals surface area contributed by atoms with Gasteiger partial charge >= 0.3 is 0 Å². The Hall–Kier alpha value is -2.00. The minimum Gasteiger partial charge on any atom is -0.398 e. The van der Waals surface area contributed by atoms with Crippen LogP contribution in [0.2, 0.25) is 5.02 Å². The van der Waals surface area contributed by atoms with Gasteiger partial charge in [0.2, 0.25) is 0 Å². The van der Waals surface area contributed by atoms with Crippen LogP contribution < -0.4 is 10.6 Å². The van der Waals surface area contributed by atoms with E-state index in [1.165, 1.54) is 0 Å². The second-order valence-electron chi connectivity index (χ2n) is 4.91. The van der Waals surface area contributed by atoms with Gasteiger partial charge in [-0.2, -0.15) is 0 Å². The zero-order valence-electron chi connectivity index (χ0n) is 11.0. The van der Waals surface area contributed by atoms with Crippen LogP contribution in [0.1, 0.15) is 22.3 Å². The minimum atomic E-state index is -0.00628. The molecule has 1 heterocycles. The molecule has 0 atom stereocenters. The maximum atomic E-state index is 12.6. The molecule has 0 aliphatic carbocycles. The molecule has 1 amide bonds. The lowest BCUT2D eigenvalue weighted by Crippen LogP contribution is -2.35. The van der Waals surface area contributed by atoms with E-state index >= 15 is 0 Å². The fourth-order valence-corrected chi connectivity index (χ4v) is 2.74. The summed E-state index contributed by atoms with van der Waals surface area (Å²) in [5.74, 6) is -0.00628. The quantitative estimate of drug-likeness (QED) is 0.816. The molecule has 1 aliphatic rings. The van der Waals surface area contributed by atoms with Crippen molar-refractivity contribution in [2.75, 3.05) is 17.2 Å². The van der Waals surface area contributed by atoms with E-state index in [1.54, 1.807) is 29.2 Å². The van der Waals surface area contributed by atoms with E-state index in [9.17, 15) is 4.79 Å². The van der Waals surface area contributed by atoms with E-state index < -0.39 is 0 Å². The first-order valence-electron chi connectivity index (χ1n) is 6.61. The number of hydrogen-bond acceptors (Lipinski definition) is 2. The summed E-state index contributed by atoms with van der Waals surface area (Å²) in [7, 11) is 0. The summed E-state index contributed by atoms with van der Waals surface area (Å²) in [6.07, 6.45) is 1.85. The maximum Gasteiger partial charge on any atom is 0.258 e. The van der Waals surface area contributed by atoms with Crippen molar-refractivity contribution in [3.8, 4) is 0 Å². The first-order valence-corrected chi connectivity index (χ1v) is 6.99. The Morgan fingerprint density at radius 1 is 1.15 bits per heavy atom. The van der Waals surface area contributed by atoms with Crippen molar-refractivity contribution in [2.24, 2.45) is 0 Å². The van der Waals surface area contributed by atoms with Crippen molar-refractivity contribution >= 4 is 28.9 Å². The van der Waals surface area contributed by atoms with Crippen LogP contribution in [0.4, 0.5) is 11.4 Å². The third-order valence-electron chi connectivity index (χ3n) is 3.62. The monoisotopic (exact) mass is 286 g/mol. The molecule has 3 nitrogen and oxygen atoms in total. The number of nitrogens with two attached hydrogens (primary N) is 1. The van der Waals surface area contributed by atoms with Crippen LogP contribution in [0.5, 0.6) is 0 Å². The number of nitrogens with zero attached hydrogens (tertiary/aromatic N) is 1. The van der Waals surface area contributed by atoms with Gasteiger partial charge in [-0.1, -0.05) is 17.7 Å². The number of benzene rings is 2. The molecule has 0 saturated carbocycles. The van der Waals surface area contributed by atoms with Crippen LogP contribution in [0.25, 0.3) is 0 Å². The Morgan fingerprint density at radius 2 is 1.90 bits per heavy atom. The fraction of sp³-hybridized carbons (Fsp3) is 0.188. The Balaban J connectivity index is 1.98. The molecule has 0 unspecified atom stereocenters. The summed E-state index contributed by atoms with van der Waals surface area (Å²) in [6, 6.07) is 12.7. The largest absolute Gasteiger partial charge is 0.398 e. The van der Waals surface area contributed by atoms with Crippen LogP contribution in [0.15, 0.2) is 42.5 Å².